The molecular formula is C7H6N3O2P. The minimum Gasteiger partial charge on any atom is -0.258 e. The van der Waals surface area contributed by atoms with Gasteiger partial charge in [0.05, 0.1) is 16.6 Å². The lowest BCUT2D eigenvalue weighted by atomic mass is 10.2. The highest BCUT2D eigenvalue weighted by Gasteiger charge is 2.07. The van der Waals surface area contributed by atoms with Gasteiger partial charge in [-0.2, -0.15) is 5.10 Å². The van der Waals surface area contributed by atoms with Crippen molar-refractivity contribution in [3.8, 4) is 0 Å². The molecule has 0 aliphatic carbocycles. The SMILES string of the molecule is O=[N+]([O-])c1ccc2c(cnn2P)c1. The van der Waals surface area contributed by atoms with E-state index in [0.29, 0.717) is 0 Å². The highest BCUT2D eigenvalue weighted by atomic mass is 31.0. The van der Waals surface area contributed by atoms with Crippen LogP contribution in [-0.4, -0.2) is 14.5 Å². The maximum Gasteiger partial charge on any atom is 0.270 e. The van der Waals surface area contributed by atoms with E-state index in [4.69, 9.17) is 0 Å². The lowest BCUT2D eigenvalue weighted by molar-refractivity contribution is -0.384. The summed E-state index contributed by atoms with van der Waals surface area (Å²) in [6.45, 7) is 0. The molecule has 6 heteroatoms. The van der Waals surface area contributed by atoms with E-state index in [2.05, 4.69) is 14.5 Å². The lowest BCUT2D eigenvalue weighted by Crippen LogP contribution is -1.87. The highest BCUT2D eigenvalue weighted by Crippen LogP contribution is 2.21. The second kappa shape index (κ2) is 2.78. The summed E-state index contributed by atoms with van der Waals surface area (Å²) in [6, 6.07) is 4.64. The van der Waals surface area contributed by atoms with Crippen LogP contribution in [0.15, 0.2) is 24.4 Å². The summed E-state index contributed by atoms with van der Waals surface area (Å²) in [5.41, 5.74) is 0.945. The first-order chi connectivity index (χ1) is 6.18. The molecule has 5 nitrogen and oxygen atoms in total. The Bertz CT molecular complexity index is 480. The monoisotopic (exact) mass is 195 g/mol. The predicted octanol–water partition coefficient (Wildman–Crippen LogP) is 1.58. The van der Waals surface area contributed by atoms with E-state index in [1.54, 1.807) is 16.7 Å². The van der Waals surface area contributed by atoms with E-state index in [-0.39, 0.29) is 5.69 Å². The van der Waals surface area contributed by atoms with Gasteiger partial charge in [-0.1, -0.05) is 0 Å². The molecule has 0 saturated heterocycles. The quantitative estimate of drug-likeness (QED) is 0.394. The summed E-state index contributed by atoms with van der Waals surface area (Å²) in [5, 5.41) is 15.1. The van der Waals surface area contributed by atoms with Crippen molar-refractivity contribution in [2.24, 2.45) is 0 Å². The van der Waals surface area contributed by atoms with Crippen molar-refractivity contribution in [2.75, 3.05) is 0 Å². The fraction of sp³-hybridized carbons (Fsp3) is 0. The highest BCUT2D eigenvalue weighted by molar-refractivity contribution is 7.14. The molecular weight excluding hydrogens is 189 g/mol. The third-order valence-electron chi connectivity index (χ3n) is 1.79. The number of non-ortho nitro benzene ring substituents is 1. The number of fused-ring (bicyclic) bond motifs is 1. The first-order valence-electron chi connectivity index (χ1n) is 3.56. The summed E-state index contributed by atoms with van der Waals surface area (Å²) < 4.78 is 1.60. The zero-order valence-electron chi connectivity index (χ0n) is 6.54. The van der Waals surface area contributed by atoms with Crippen LogP contribution in [0, 0.1) is 10.1 Å². The van der Waals surface area contributed by atoms with Crippen LogP contribution in [0.3, 0.4) is 0 Å². The molecule has 1 atom stereocenters. The zero-order chi connectivity index (χ0) is 9.42. The smallest absolute Gasteiger partial charge is 0.258 e. The molecule has 0 radical (unpaired) electrons. The van der Waals surface area contributed by atoms with Gasteiger partial charge in [-0.15, -0.1) is 0 Å². The zero-order valence-corrected chi connectivity index (χ0v) is 7.70. The van der Waals surface area contributed by atoms with E-state index in [1.165, 1.54) is 12.1 Å². The number of hydrogen-bond donors (Lipinski definition) is 0. The largest absolute Gasteiger partial charge is 0.270 e. The fourth-order valence-corrected chi connectivity index (χ4v) is 1.46. The second-order valence-corrected chi connectivity index (χ2v) is 3.08. The molecule has 1 heterocycles. The predicted molar refractivity (Wildman–Crippen MR) is 51.5 cm³/mol. The number of nitro groups is 1. The van der Waals surface area contributed by atoms with Crippen molar-refractivity contribution in [3.63, 3.8) is 0 Å². The molecule has 0 bridgehead atoms. The molecule has 1 aromatic carbocycles. The average Bonchev–Trinajstić information content (AvgIpc) is 2.47. The van der Waals surface area contributed by atoms with Crippen LogP contribution in [0.1, 0.15) is 0 Å². The molecule has 0 spiro atoms. The van der Waals surface area contributed by atoms with Gasteiger partial charge in [0.25, 0.3) is 5.69 Å². The van der Waals surface area contributed by atoms with Crippen LogP contribution in [-0.2, 0) is 0 Å². The first kappa shape index (κ1) is 8.13. The normalized spacial score (nSPS) is 10.5. The summed E-state index contributed by atoms with van der Waals surface area (Å²) in [7, 11) is 2.41. The van der Waals surface area contributed by atoms with Gasteiger partial charge in [0.15, 0.2) is 0 Å². The molecule has 0 N–H and O–H groups in total. The maximum absolute atomic E-state index is 10.4. The molecule has 0 saturated carbocycles. The van der Waals surface area contributed by atoms with Crippen LogP contribution < -0.4 is 0 Å². The Morgan fingerprint density at radius 2 is 2.31 bits per heavy atom. The summed E-state index contributed by atoms with van der Waals surface area (Å²) in [4.78, 5) is 10.0. The lowest BCUT2D eigenvalue weighted by Gasteiger charge is -1.93. The van der Waals surface area contributed by atoms with E-state index >= 15 is 0 Å². The molecule has 13 heavy (non-hydrogen) atoms. The van der Waals surface area contributed by atoms with E-state index in [1.807, 2.05) is 0 Å². The van der Waals surface area contributed by atoms with Crippen LogP contribution >= 0.6 is 9.39 Å². The Morgan fingerprint density at radius 3 is 3.00 bits per heavy atom. The first-order valence-corrected chi connectivity index (χ1v) is 4.07. The molecule has 1 unspecified atom stereocenters. The number of rotatable bonds is 1. The fourth-order valence-electron chi connectivity index (χ4n) is 1.15. The standard InChI is InChI=1S/C7H6N3O2P/c11-10(12)6-1-2-7-5(3-6)4-8-9(7)13/h1-4H,13H2. The Balaban J connectivity index is 2.70. The van der Waals surface area contributed by atoms with Gasteiger partial charge in [-0.25, -0.2) is 0 Å². The molecule has 66 valence electrons. The third kappa shape index (κ3) is 1.27. The van der Waals surface area contributed by atoms with E-state index in [9.17, 15) is 10.1 Å². The molecule has 0 amide bonds. The van der Waals surface area contributed by atoms with Crippen molar-refractivity contribution < 1.29 is 4.92 Å². The van der Waals surface area contributed by atoms with Crippen molar-refractivity contribution in [3.05, 3.63) is 34.5 Å². The summed E-state index contributed by atoms with van der Waals surface area (Å²) in [5.74, 6) is 0. The average molecular weight is 195 g/mol. The van der Waals surface area contributed by atoms with Gasteiger partial charge in [-0.05, 0) is 15.5 Å². The van der Waals surface area contributed by atoms with Gasteiger partial charge in [0.1, 0.15) is 0 Å². The Kier molecular flexibility index (Phi) is 1.74. The minimum absolute atomic E-state index is 0.0884. The molecule has 2 rings (SSSR count). The molecule has 0 fully saturated rings. The molecule has 2 aromatic rings. The second-order valence-electron chi connectivity index (χ2n) is 2.59. The Hall–Kier alpha value is -1.48. The van der Waals surface area contributed by atoms with Gasteiger partial charge < -0.3 is 0 Å². The molecule has 0 aliphatic rings. The van der Waals surface area contributed by atoms with E-state index in [0.717, 1.165) is 10.9 Å². The molecule has 1 aromatic heterocycles. The minimum atomic E-state index is -0.417. The van der Waals surface area contributed by atoms with Gasteiger partial charge >= 0.3 is 0 Å². The Labute approximate surface area is 75.8 Å². The maximum atomic E-state index is 10.4. The van der Waals surface area contributed by atoms with Crippen molar-refractivity contribution >= 4 is 26.0 Å². The van der Waals surface area contributed by atoms with E-state index < -0.39 is 4.92 Å². The summed E-state index contributed by atoms with van der Waals surface area (Å²) >= 11 is 0. The van der Waals surface area contributed by atoms with Crippen LogP contribution in [0.4, 0.5) is 5.69 Å². The van der Waals surface area contributed by atoms with Crippen molar-refractivity contribution in [1.82, 2.24) is 9.55 Å². The topological polar surface area (TPSA) is 61.0 Å². The third-order valence-corrected chi connectivity index (χ3v) is 2.20. The van der Waals surface area contributed by atoms with Gasteiger partial charge in [-0.3, -0.25) is 14.6 Å². The summed E-state index contributed by atoms with van der Waals surface area (Å²) in [6.07, 6.45) is 1.59. The van der Waals surface area contributed by atoms with Crippen molar-refractivity contribution in [2.45, 2.75) is 0 Å². The van der Waals surface area contributed by atoms with Crippen LogP contribution in [0.25, 0.3) is 10.9 Å². The Morgan fingerprint density at radius 1 is 1.54 bits per heavy atom. The number of benzene rings is 1. The molecule has 0 aliphatic heterocycles. The number of aromatic nitrogens is 2. The van der Waals surface area contributed by atoms with Crippen molar-refractivity contribution in [1.29, 1.82) is 0 Å². The number of nitro benzene ring substituents is 1. The van der Waals surface area contributed by atoms with Crippen LogP contribution in [0.2, 0.25) is 0 Å². The van der Waals surface area contributed by atoms with Crippen LogP contribution in [0.5, 0.6) is 0 Å². The van der Waals surface area contributed by atoms with Gasteiger partial charge in [0, 0.05) is 17.5 Å². The number of nitrogens with zero attached hydrogens (tertiary/aromatic N) is 3. The van der Waals surface area contributed by atoms with Gasteiger partial charge in [0.2, 0.25) is 0 Å². The number of hydrogen-bond acceptors (Lipinski definition) is 3.